The number of fused-ring (bicyclic) bond motifs is 18. The Bertz CT molecular complexity index is 7780. The molecule has 0 bridgehead atoms. The number of benzene rings is 14. The van der Waals surface area contributed by atoms with Crippen molar-refractivity contribution in [3.05, 3.63) is 377 Å². The zero-order valence-corrected chi connectivity index (χ0v) is 60.5. The van der Waals surface area contributed by atoms with Crippen LogP contribution in [0.4, 0.5) is 0 Å². The standard InChI is InChI=1S/C38H24N4O.C34H21N3O.C28H17N3O/c1-3-11-25(12-4-1)35-36(41-24-10-9-17-33(41)40-35)26-18-20-28(21-19-26)42-31-16-8-7-15-29(31)34-32(42)23-22-30-37(34)43-38(39-30)27-13-5-2-6-14-27;1-2-8-24(9-3-1)34-36-28-19-20-30-31(33(28)38-34)27-12-4-5-14-29(27)37(30)25-17-15-22(16-18-25)26-13-6-10-23-11-7-21-35-32(23)26;1-2-8-18(9-3-1)28-30-22-15-16-25-26(27(22)32-28)20-10-4-5-13-24(20)31(25)23-14-6-12-21-19(23)11-7-17-29-21/h1-24H;1-21H;1-17H. The fourth-order valence-electron chi connectivity index (χ4n) is 16.5. The van der Waals surface area contributed by atoms with E-state index >= 15 is 0 Å². The Morgan fingerprint density at radius 2 is 0.681 bits per heavy atom. The number of para-hydroxylation sites is 4. The highest BCUT2D eigenvalue weighted by atomic mass is 16.4. The van der Waals surface area contributed by atoms with Crippen LogP contribution in [0.1, 0.15) is 0 Å². The van der Waals surface area contributed by atoms with Gasteiger partial charge < -0.3 is 27.0 Å². The van der Waals surface area contributed by atoms with Crippen LogP contribution in [0.3, 0.4) is 0 Å². The molecule has 0 amide bonds. The monoisotopic (exact) mass is 1450 g/mol. The Hall–Kier alpha value is -15.6. The van der Waals surface area contributed by atoms with Crippen LogP contribution in [0.25, 0.3) is 211 Å². The summed E-state index contributed by atoms with van der Waals surface area (Å²) in [5, 5.41) is 8.90. The number of oxazole rings is 3. The van der Waals surface area contributed by atoms with Crippen molar-refractivity contribution in [3.63, 3.8) is 0 Å². The van der Waals surface area contributed by atoms with Gasteiger partial charge in [-0.2, -0.15) is 0 Å². The molecule has 113 heavy (non-hydrogen) atoms. The van der Waals surface area contributed by atoms with E-state index in [2.05, 4.69) is 259 Å². The first kappa shape index (κ1) is 64.6. The smallest absolute Gasteiger partial charge is 0.227 e. The molecular weight excluding hydrogens is 1390 g/mol. The Kier molecular flexibility index (Phi) is 15.2. The molecule has 0 fully saturated rings. The van der Waals surface area contributed by atoms with Crippen LogP contribution in [0.15, 0.2) is 390 Å². The van der Waals surface area contributed by atoms with Gasteiger partial charge in [-0.15, -0.1) is 0 Å². The quantitative estimate of drug-likeness (QED) is 0.138. The Morgan fingerprint density at radius 1 is 0.257 bits per heavy atom. The van der Waals surface area contributed by atoms with Crippen molar-refractivity contribution in [1.29, 1.82) is 0 Å². The Balaban J connectivity index is 0.000000105. The summed E-state index contributed by atoms with van der Waals surface area (Å²) in [5.41, 5.74) is 27.3. The molecule has 0 aliphatic carbocycles. The minimum Gasteiger partial charge on any atom is -0.435 e. The van der Waals surface area contributed by atoms with Crippen molar-refractivity contribution in [2.75, 3.05) is 0 Å². The first-order valence-corrected chi connectivity index (χ1v) is 37.6. The lowest BCUT2D eigenvalue weighted by molar-refractivity contribution is 0.622. The van der Waals surface area contributed by atoms with Gasteiger partial charge in [0.05, 0.1) is 77.4 Å². The van der Waals surface area contributed by atoms with Crippen molar-refractivity contribution in [2.24, 2.45) is 0 Å². The van der Waals surface area contributed by atoms with Gasteiger partial charge in [-0.3, -0.25) is 14.4 Å². The largest absolute Gasteiger partial charge is 0.435 e. The molecule has 0 saturated heterocycles. The highest BCUT2D eigenvalue weighted by Gasteiger charge is 2.25. The number of imidazole rings is 1. The molecule has 10 aromatic heterocycles. The van der Waals surface area contributed by atoms with Gasteiger partial charge in [0, 0.05) is 90.3 Å². The highest BCUT2D eigenvalue weighted by Crippen LogP contribution is 2.44. The van der Waals surface area contributed by atoms with Crippen LogP contribution in [0.2, 0.25) is 0 Å². The molecule has 0 saturated carbocycles. The summed E-state index contributed by atoms with van der Waals surface area (Å²) >= 11 is 0. The van der Waals surface area contributed by atoms with Crippen LogP contribution in [0, 0.1) is 0 Å². The molecule has 0 N–H and O–H groups in total. The molecular formula is C100H62N10O3. The van der Waals surface area contributed by atoms with E-state index in [4.69, 9.17) is 33.2 Å². The Labute approximate surface area is 645 Å². The van der Waals surface area contributed by atoms with Gasteiger partial charge in [0.25, 0.3) is 0 Å². The Morgan fingerprint density at radius 3 is 1.21 bits per heavy atom. The molecule has 0 aliphatic heterocycles. The summed E-state index contributed by atoms with van der Waals surface area (Å²) < 4.78 is 28.3. The minimum atomic E-state index is 0.631. The van der Waals surface area contributed by atoms with E-state index in [1.165, 1.54) is 0 Å². The van der Waals surface area contributed by atoms with E-state index in [-0.39, 0.29) is 0 Å². The van der Waals surface area contributed by atoms with Crippen LogP contribution in [-0.4, -0.2) is 48.0 Å². The first-order chi connectivity index (χ1) is 56.1. The predicted octanol–water partition coefficient (Wildman–Crippen LogP) is 25.5. The van der Waals surface area contributed by atoms with E-state index in [0.29, 0.717) is 17.7 Å². The maximum atomic E-state index is 6.45. The predicted molar refractivity (Wildman–Crippen MR) is 457 cm³/mol. The summed E-state index contributed by atoms with van der Waals surface area (Å²) in [6, 6.07) is 123. The fourth-order valence-corrected chi connectivity index (χ4v) is 16.5. The molecule has 24 rings (SSSR count). The van der Waals surface area contributed by atoms with E-state index in [1.54, 1.807) is 0 Å². The molecule has 0 aliphatic rings. The van der Waals surface area contributed by atoms with Crippen molar-refractivity contribution in [1.82, 2.24) is 48.0 Å². The molecule has 0 spiro atoms. The summed E-state index contributed by atoms with van der Waals surface area (Å²) in [4.78, 5) is 28.6. The summed E-state index contributed by atoms with van der Waals surface area (Å²) in [7, 11) is 0. The minimum absolute atomic E-state index is 0.631. The molecule has 0 unspecified atom stereocenters. The lowest BCUT2D eigenvalue weighted by Gasteiger charge is -2.10. The zero-order chi connectivity index (χ0) is 74.5. The van der Waals surface area contributed by atoms with Crippen LogP contribution < -0.4 is 0 Å². The third-order valence-corrected chi connectivity index (χ3v) is 21.5. The molecule has 530 valence electrons. The van der Waals surface area contributed by atoms with Gasteiger partial charge >= 0.3 is 0 Å². The third-order valence-electron chi connectivity index (χ3n) is 21.5. The number of rotatable bonds is 9. The number of pyridine rings is 3. The lowest BCUT2D eigenvalue weighted by Crippen LogP contribution is -1.95. The van der Waals surface area contributed by atoms with Crippen molar-refractivity contribution in [2.45, 2.75) is 0 Å². The van der Waals surface area contributed by atoms with Crippen molar-refractivity contribution >= 4 is 126 Å². The first-order valence-electron chi connectivity index (χ1n) is 37.6. The molecule has 24 aromatic rings. The second-order valence-electron chi connectivity index (χ2n) is 28.1. The molecule has 10 heterocycles. The number of hydrogen-bond acceptors (Lipinski definition) is 9. The second-order valence-corrected chi connectivity index (χ2v) is 28.1. The fraction of sp³-hybridized carbons (Fsp3) is 0. The van der Waals surface area contributed by atoms with Gasteiger partial charge in [0.2, 0.25) is 17.7 Å². The molecule has 13 heteroatoms. The van der Waals surface area contributed by atoms with E-state index in [9.17, 15) is 0 Å². The molecule has 13 nitrogen and oxygen atoms in total. The van der Waals surface area contributed by atoms with Gasteiger partial charge in [-0.1, -0.05) is 200 Å². The topological polar surface area (TPSA) is 136 Å². The third kappa shape index (κ3) is 10.8. The van der Waals surface area contributed by atoms with Gasteiger partial charge in [0.1, 0.15) is 22.2 Å². The number of aromatic nitrogens is 10. The van der Waals surface area contributed by atoms with Crippen LogP contribution in [-0.2, 0) is 0 Å². The lowest BCUT2D eigenvalue weighted by atomic mass is 10.0. The molecule has 0 radical (unpaired) electrons. The maximum absolute atomic E-state index is 6.45. The summed E-state index contributed by atoms with van der Waals surface area (Å²) in [5.74, 6) is 1.91. The van der Waals surface area contributed by atoms with Gasteiger partial charge in [-0.05, 0) is 163 Å². The molecule has 0 atom stereocenters. The summed E-state index contributed by atoms with van der Waals surface area (Å²) in [6.07, 6.45) is 5.77. The molecule has 14 aromatic carbocycles. The normalized spacial score (nSPS) is 11.7. The SMILES string of the molecule is c1ccc(-c2nc3ccc4c(c5ccccc5n4-c4ccc(-c5c(-c6ccccc6)nc6ccccn56)cc4)c3o2)cc1.c1ccc(-c2nc3ccc4c(c5ccccc5n4-c4ccc(-c5cccc6cccnc56)cc4)c3o2)cc1.c1ccc(-c2nc3ccc4c(c5ccccc5n4-c4cccc5ncccc45)c3o2)cc1. The van der Waals surface area contributed by atoms with Crippen molar-refractivity contribution in [3.8, 4) is 85.1 Å². The number of nitrogens with zero attached hydrogens (tertiary/aromatic N) is 10. The second kappa shape index (κ2) is 26.7. The van der Waals surface area contributed by atoms with E-state index in [1.807, 2.05) is 146 Å². The van der Waals surface area contributed by atoms with Crippen LogP contribution in [0.5, 0.6) is 0 Å². The van der Waals surface area contributed by atoms with Gasteiger partial charge in [0.15, 0.2) is 16.7 Å². The summed E-state index contributed by atoms with van der Waals surface area (Å²) in [6.45, 7) is 0. The van der Waals surface area contributed by atoms with Crippen LogP contribution >= 0.6 is 0 Å². The number of hydrogen-bond donors (Lipinski definition) is 0. The van der Waals surface area contributed by atoms with Crippen molar-refractivity contribution < 1.29 is 13.3 Å². The zero-order valence-electron chi connectivity index (χ0n) is 60.5. The average Bonchev–Trinajstić information content (AvgIpc) is 1.58. The van der Waals surface area contributed by atoms with Gasteiger partial charge in [-0.25, -0.2) is 19.9 Å². The average molecular weight is 1450 g/mol. The highest BCUT2D eigenvalue weighted by molar-refractivity contribution is 6.22. The van der Waals surface area contributed by atoms with E-state index in [0.717, 1.165) is 194 Å². The maximum Gasteiger partial charge on any atom is 0.227 e. The van der Waals surface area contributed by atoms with E-state index < -0.39 is 0 Å².